The SMILES string of the molecule is CCCCOC(=O)[C@H]1C[C@@H](N)C1(C)C. The third-order valence-electron chi connectivity index (χ3n) is 3.37. The molecule has 0 aliphatic heterocycles. The van der Waals surface area contributed by atoms with Gasteiger partial charge < -0.3 is 10.5 Å². The van der Waals surface area contributed by atoms with Crippen LogP contribution < -0.4 is 5.73 Å². The van der Waals surface area contributed by atoms with Gasteiger partial charge in [0.2, 0.25) is 0 Å². The first-order valence-corrected chi connectivity index (χ1v) is 5.42. The maximum atomic E-state index is 11.6. The van der Waals surface area contributed by atoms with Gasteiger partial charge in [0.15, 0.2) is 0 Å². The molecule has 0 amide bonds. The Bertz CT molecular complexity index is 213. The fourth-order valence-corrected chi connectivity index (χ4v) is 1.78. The predicted molar refractivity (Wildman–Crippen MR) is 55.7 cm³/mol. The summed E-state index contributed by atoms with van der Waals surface area (Å²) in [5, 5.41) is 0. The maximum absolute atomic E-state index is 11.6. The molecule has 0 aromatic carbocycles. The lowest BCUT2D eigenvalue weighted by atomic mass is 9.59. The molecule has 0 heterocycles. The van der Waals surface area contributed by atoms with E-state index in [1.807, 2.05) is 13.8 Å². The van der Waals surface area contributed by atoms with Gasteiger partial charge in [-0.3, -0.25) is 4.79 Å². The van der Waals surface area contributed by atoms with Crippen molar-refractivity contribution < 1.29 is 9.53 Å². The Morgan fingerprint density at radius 1 is 1.57 bits per heavy atom. The summed E-state index contributed by atoms with van der Waals surface area (Å²) in [6.07, 6.45) is 2.78. The zero-order chi connectivity index (χ0) is 10.8. The molecular formula is C11H21NO2. The minimum Gasteiger partial charge on any atom is -0.465 e. The first-order valence-electron chi connectivity index (χ1n) is 5.42. The Labute approximate surface area is 86.0 Å². The number of carbonyl (C=O) groups is 1. The molecule has 14 heavy (non-hydrogen) atoms. The van der Waals surface area contributed by atoms with Crippen molar-refractivity contribution in [2.45, 2.75) is 46.1 Å². The van der Waals surface area contributed by atoms with Crippen LogP contribution in [0.3, 0.4) is 0 Å². The number of hydrogen-bond acceptors (Lipinski definition) is 3. The number of hydrogen-bond donors (Lipinski definition) is 1. The van der Waals surface area contributed by atoms with Crippen molar-refractivity contribution in [3.8, 4) is 0 Å². The quantitative estimate of drug-likeness (QED) is 0.554. The minimum atomic E-state index is -0.0801. The van der Waals surface area contributed by atoms with Gasteiger partial charge in [-0.2, -0.15) is 0 Å². The van der Waals surface area contributed by atoms with E-state index in [2.05, 4.69) is 6.92 Å². The van der Waals surface area contributed by atoms with Crippen molar-refractivity contribution in [3.05, 3.63) is 0 Å². The van der Waals surface area contributed by atoms with Gasteiger partial charge in [0.05, 0.1) is 12.5 Å². The molecule has 1 saturated carbocycles. The van der Waals surface area contributed by atoms with E-state index in [-0.39, 0.29) is 23.3 Å². The van der Waals surface area contributed by atoms with Gasteiger partial charge >= 0.3 is 5.97 Å². The number of ether oxygens (including phenoxy) is 1. The normalized spacial score (nSPS) is 29.4. The molecule has 1 rings (SSSR count). The molecule has 3 nitrogen and oxygen atoms in total. The molecule has 2 N–H and O–H groups in total. The van der Waals surface area contributed by atoms with Gasteiger partial charge in [0.25, 0.3) is 0 Å². The van der Waals surface area contributed by atoms with Gasteiger partial charge in [0, 0.05) is 6.04 Å². The molecule has 1 fully saturated rings. The van der Waals surface area contributed by atoms with Crippen LogP contribution in [0.4, 0.5) is 0 Å². The Kier molecular flexibility index (Phi) is 3.53. The van der Waals surface area contributed by atoms with E-state index in [0.29, 0.717) is 6.61 Å². The van der Waals surface area contributed by atoms with Crippen LogP contribution in [0.2, 0.25) is 0 Å². The fourth-order valence-electron chi connectivity index (χ4n) is 1.78. The van der Waals surface area contributed by atoms with Gasteiger partial charge in [-0.25, -0.2) is 0 Å². The summed E-state index contributed by atoms with van der Waals surface area (Å²) >= 11 is 0. The molecule has 0 saturated heterocycles. The number of esters is 1. The summed E-state index contributed by atoms with van der Waals surface area (Å²) in [4.78, 5) is 11.6. The monoisotopic (exact) mass is 199 g/mol. The molecule has 1 aliphatic carbocycles. The van der Waals surface area contributed by atoms with Crippen LogP contribution in [0, 0.1) is 11.3 Å². The molecule has 0 aromatic rings. The number of unbranched alkanes of at least 4 members (excludes halogenated alkanes) is 1. The Morgan fingerprint density at radius 3 is 2.64 bits per heavy atom. The minimum absolute atomic E-state index is 0.00866. The molecule has 0 aromatic heterocycles. The van der Waals surface area contributed by atoms with Crippen LogP contribution in [-0.2, 0) is 9.53 Å². The van der Waals surface area contributed by atoms with Crippen LogP contribution in [0.5, 0.6) is 0 Å². The van der Waals surface area contributed by atoms with Crippen LogP contribution in [0.25, 0.3) is 0 Å². The third-order valence-corrected chi connectivity index (χ3v) is 3.37. The highest BCUT2D eigenvalue weighted by Gasteiger charge is 2.50. The van der Waals surface area contributed by atoms with Crippen LogP contribution in [-0.4, -0.2) is 18.6 Å². The van der Waals surface area contributed by atoms with Crippen molar-refractivity contribution in [2.75, 3.05) is 6.61 Å². The molecule has 0 spiro atoms. The number of carbonyl (C=O) groups excluding carboxylic acids is 1. The number of nitrogens with two attached hydrogens (primary N) is 1. The fraction of sp³-hybridized carbons (Fsp3) is 0.909. The van der Waals surface area contributed by atoms with E-state index >= 15 is 0 Å². The molecule has 0 radical (unpaired) electrons. The van der Waals surface area contributed by atoms with Crippen molar-refractivity contribution in [1.82, 2.24) is 0 Å². The second-order valence-electron chi connectivity index (χ2n) is 4.74. The largest absolute Gasteiger partial charge is 0.465 e. The van der Waals surface area contributed by atoms with Crippen LogP contribution in [0.1, 0.15) is 40.0 Å². The lowest BCUT2D eigenvalue weighted by Gasteiger charge is -2.48. The van der Waals surface area contributed by atoms with Crippen molar-refractivity contribution >= 4 is 5.97 Å². The predicted octanol–water partition coefficient (Wildman–Crippen LogP) is 1.70. The van der Waals surface area contributed by atoms with Gasteiger partial charge in [-0.05, 0) is 18.3 Å². The third kappa shape index (κ3) is 2.08. The summed E-state index contributed by atoms with van der Waals surface area (Å²) in [5.41, 5.74) is 5.75. The summed E-state index contributed by atoms with van der Waals surface area (Å²) in [6.45, 7) is 6.70. The van der Waals surface area contributed by atoms with Crippen LogP contribution >= 0.6 is 0 Å². The zero-order valence-electron chi connectivity index (χ0n) is 9.38. The second-order valence-corrected chi connectivity index (χ2v) is 4.74. The molecular weight excluding hydrogens is 178 g/mol. The second kappa shape index (κ2) is 4.30. The number of rotatable bonds is 4. The first kappa shape index (κ1) is 11.5. The standard InChI is InChI=1S/C11H21NO2/c1-4-5-6-14-10(13)8-7-9(12)11(8,2)3/h8-9H,4-7,12H2,1-3H3/t8-,9-/m1/s1. The van der Waals surface area contributed by atoms with Crippen molar-refractivity contribution in [2.24, 2.45) is 17.1 Å². The highest BCUT2D eigenvalue weighted by molar-refractivity contribution is 5.75. The summed E-state index contributed by atoms with van der Waals surface area (Å²) in [5.74, 6) is -0.0560. The van der Waals surface area contributed by atoms with Gasteiger partial charge in [-0.15, -0.1) is 0 Å². The molecule has 3 heteroatoms. The summed E-state index contributed by atoms with van der Waals surface area (Å²) in [7, 11) is 0. The van der Waals surface area contributed by atoms with Crippen molar-refractivity contribution in [1.29, 1.82) is 0 Å². The molecule has 0 unspecified atom stereocenters. The Hall–Kier alpha value is -0.570. The molecule has 82 valence electrons. The average Bonchev–Trinajstić information content (AvgIpc) is 2.14. The lowest BCUT2D eigenvalue weighted by Crippen LogP contribution is -2.57. The summed E-state index contributed by atoms with van der Waals surface area (Å²) in [6, 6.07) is 0.145. The van der Waals surface area contributed by atoms with Crippen molar-refractivity contribution in [3.63, 3.8) is 0 Å². The molecule has 2 atom stereocenters. The van der Waals surface area contributed by atoms with Gasteiger partial charge in [0.1, 0.15) is 0 Å². The van der Waals surface area contributed by atoms with E-state index in [4.69, 9.17) is 10.5 Å². The summed E-state index contributed by atoms with van der Waals surface area (Å²) < 4.78 is 5.18. The van der Waals surface area contributed by atoms with Gasteiger partial charge in [-0.1, -0.05) is 27.2 Å². The Morgan fingerprint density at radius 2 is 2.21 bits per heavy atom. The van der Waals surface area contributed by atoms with E-state index in [9.17, 15) is 4.79 Å². The zero-order valence-corrected chi connectivity index (χ0v) is 9.38. The highest BCUT2D eigenvalue weighted by atomic mass is 16.5. The smallest absolute Gasteiger partial charge is 0.309 e. The molecule has 0 bridgehead atoms. The van der Waals surface area contributed by atoms with Crippen LogP contribution in [0.15, 0.2) is 0 Å². The lowest BCUT2D eigenvalue weighted by molar-refractivity contribution is -0.161. The first-order chi connectivity index (χ1) is 6.50. The maximum Gasteiger partial charge on any atom is 0.309 e. The Balaban J connectivity index is 2.33. The molecule has 1 aliphatic rings. The average molecular weight is 199 g/mol. The van der Waals surface area contributed by atoms with E-state index in [0.717, 1.165) is 19.3 Å². The highest BCUT2D eigenvalue weighted by Crippen LogP contribution is 2.45. The topological polar surface area (TPSA) is 52.3 Å². The van der Waals surface area contributed by atoms with E-state index in [1.54, 1.807) is 0 Å². The van der Waals surface area contributed by atoms with E-state index < -0.39 is 0 Å². The van der Waals surface area contributed by atoms with E-state index in [1.165, 1.54) is 0 Å².